The zero-order valence-corrected chi connectivity index (χ0v) is 16.6. The van der Waals surface area contributed by atoms with Gasteiger partial charge in [0.2, 0.25) is 5.41 Å². The van der Waals surface area contributed by atoms with E-state index in [4.69, 9.17) is 11.6 Å². The Morgan fingerprint density at radius 3 is 2.16 bits per heavy atom. The fourth-order valence-electron chi connectivity index (χ4n) is 4.02. The van der Waals surface area contributed by atoms with Crippen molar-refractivity contribution in [2.24, 2.45) is 0 Å². The number of alkyl halides is 6. The molecule has 0 unspecified atom stereocenters. The quantitative estimate of drug-likeness (QED) is 0.540. The number of halogens is 7. The molecular formula is C19H14ClF6N5. The zero-order chi connectivity index (χ0) is 22.6. The molecule has 0 bridgehead atoms. The Labute approximate surface area is 177 Å². The van der Waals surface area contributed by atoms with Gasteiger partial charge in [0.15, 0.2) is 5.82 Å². The van der Waals surface area contributed by atoms with Crippen LogP contribution < -0.4 is 4.90 Å². The van der Waals surface area contributed by atoms with Crippen LogP contribution in [0.1, 0.15) is 22.5 Å². The number of H-pyrrole nitrogens is 1. The number of hydrogen-bond acceptors (Lipinski definition) is 4. The number of rotatable bonds is 3. The Balaban J connectivity index is 2.03. The molecule has 1 aliphatic rings. The molecule has 0 saturated heterocycles. The monoisotopic (exact) mass is 461 g/mol. The number of aromatic nitrogens is 4. The van der Waals surface area contributed by atoms with Crippen molar-refractivity contribution in [3.8, 4) is 0 Å². The molecule has 4 rings (SSSR count). The van der Waals surface area contributed by atoms with E-state index in [2.05, 4.69) is 20.6 Å². The molecule has 0 fully saturated rings. The van der Waals surface area contributed by atoms with Gasteiger partial charge in [-0.1, -0.05) is 34.5 Å². The maximum Gasteiger partial charge on any atom is 0.411 e. The molecule has 0 spiro atoms. The van der Waals surface area contributed by atoms with Crippen LogP contribution >= 0.6 is 11.6 Å². The van der Waals surface area contributed by atoms with E-state index < -0.39 is 28.9 Å². The number of hydrogen-bond donors (Lipinski definition) is 1. The minimum absolute atomic E-state index is 0.0238. The first kappa shape index (κ1) is 21.4. The molecule has 2 aromatic carbocycles. The highest BCUT2D eigenvalue weighted by Gasteiger charge is 2.75. The zero-order valence-electron chi connectivity index (χ0n) is 15.8. The Morgan fingerprint density at radius 2 is 1.58 bits per heavy atom. The standard InChI is InChI=1S/C19H14ClF6N5/c1-10-2-4-14-12(8-10)17(18(21,22)23,19(24,25)26)13-9-11(20)3-5-15(13)31(14)7-6-16-27-29-30-28-16/h2-5,8-9H,6-7H2,1H3,(H,27,28,29,30). The molecule has 5 nitrogen and oxygen atoms in total. The van der Waals surface area contributed by atoms with Gasteiger partial charge in [-0.25, -0.2) is 0 Å². The van der Waals surface area contributed by atoms with Crippen LogP contribution in [0.25, 0.3) is 0 Å². The lowest BCUT2D eigenvalue weighted by Gasteiger charge is -2.46. The minimum atomic E-state index is -5.67. The maximum atomic E-state index is 14.4. The van der Waals surface area contributed by atoms with Crippen molar-refractivity contribution in [3.05, 3.63) is 63.9 Å². The normalized spacial score (nSPS) is 15.5. The van der Waals surface area contributed by atoms with E-state index in [1.165, 1.54) is 36.1 Å². The lowest BCUT2D eigenvalue weighted by molar-refractivity contribution is -0.288. The van der Waals surface area contributed by atoms with Crippen LogP contribution in [0.2, 0.25) is 5.02 Å². The van der Waals surface area contributed by atoms with Gasteiger partial charge < -0.3 is 4.90 Å². The van der Waals surface area contributed by atoms with Crippen molar-refractivity contribution in [3.63, 3.8) is 0 Å². The summed E-state index contributed by atoms with van der Waals surface area (Å²) in [4.78, 5) is 1.40. The number of tetrazole rings is 1. The summed E-state index contributed by atoms with van der Waals surface area (Å²) in [5.41, 5.74) is -6.26. The van der Waals surface area contributed by atoms with Crippen LogP contribution in [0.15, 0.2) is 36.4 Å². The first-order valence-corrected chi connectivity index (χ1v) is 9.39. The van der Waals surface area contributed by atoms with Gasteiger partial charge >= 0.3 is 12.4 Å². The fraction of sp³-hybridized carbons (Fsp3) is 0.316. The van der Waals surface area contributed by atoms with Crippen LogP contribution in [0, 0.1) is 6.92 Å². The third kappa shape index (κ3) is 3.22. The first-order chi connectivity index (χ1) is 14.5. The smallest absolute Gasteiger partial charge is 0.341 e. The fourth-order valence-corrected chi connectivity index (χ4v) is 4.19. The van der Waals surface area contributed by atoms with Crippen LogP contribution in [-0.4, -0.2) is 39.5 Å². The molecule has 0 radical (unpaired) electrons. The molecular weight excluding hydrogens is 448 g/mol. The summed E-state index contributed by atoms with van der Waals surface area (Å²) in [6.45, 7) is 1.46. The predicted molar refractivity (Wildman–Crippen MR) is 100 cm³/mol. The molecule has 2 heterocycles. The molecule has 31 heavy (non-hydrogen) atoms. The number of benzene rings is 2. The highest BCUT2D eigenvalue weighted by atomic mass is 35.5. The van der Waals surface area contributed by atoms with E-state index in [0.717, 1.165) is 12.1 Å². The van der Waals surface area contributed by atoms with Gasteiger partial charge in [0.05, 0.1) is 0 Å². The molecule has 12 heteroatoms. The summed E-state index contributed by atoms with van der Waals surface area (Å²) in [7, 11) is 0. The van der Waals surface area contributed by atoms with Crippen molar-refractivity contribution in [1.29, 1.82) is 0 Å². The largest absolute Gasteiger partial charge is 0.411 e. The van der Waals surface area contributed by atoms with Crippen molar-refractivity contribution < 1.29 is 26.3 Å². The molecule has 164 valence electrons. The summed E-state index contributed by atoms with van der Waals surface area (Å²) in [5, 5.41) is 13.0. The number of aryl methyl sites for hydroxylation is 1. The van der Waals surface area contributed by atoms with Crippen LogP contribution in [-0.2, 0) is 11.8 Å². The number of anilines is 2. The Kier molecular flexibility index (Phi) is 4.91. The van der Waals surface area contributed by atoms with Gasteiger partial charge in [0.1, 0.15) is 0 Å². The Hall–Kier alpha value is -2.82. The molecule has 0 saturated carbocycles. The van der Waals surface area contributed by atoms with Crippen molar-refractivity contribution >= 4 is 23.0 Å². The van der Waals surface area contributed by atoms with Crippen LogP contribution in [0.4, 0.5) is 37.7 Å². The minimum Gasteiger partial charge on any atom is -0.341 e. The topological polar surface area (TPSA) is 57.7 Å². The van der Waals surface area contributed by atoms with Gasteiger partial charge in [0, 0.05) is 40.5 Å². The third-order valence-electron chi connectivity index (χ3n) is 5.30. The maximum absolute atomic E-state index is 14.4. The average molecular weight is 462 g/mol. The van der Waals surface area contributed by atoms with Gasteiger partial charge in [-0.3, -0.25) is 0 Å². The number of nitrogens with one attached hydrogen (secondary N) is 1. The van der Waals surface area contributed by atoms with E-state index in [1.54, 1.807) is 0 Å². The molecule has 0 amide bonds. The van der Waals surface area contributed by atoms with Crippen LogP contribution in [0.3, 0.4) is 0 Å². The second-order valence-corrected chi connectivity index (χ2v) is 7.59. The van der Waals surface area contributed by atoms with Crippen molar-refractivity contribution in [2.75, 3.05) is 11.4 Å². The van der Waals surface area contributed by atoms with Crippen molar-refractivity contribution in [2.45, 2.75) is 31.1 Å². The first-order valence-electron chi connectivity index (χ1n) is 9.01. The van der Waals surface area contributed by atoms with Crippen molar-refractivity contribution in [1.82, 2.24) is 20.6 Å². The second kappa shape index (κ2) is 7.11. The number of aromatic amines is 1. The van der Waals surface area contributed by atoms with E-state index in [-0.39, 0.29) is 40.8 Å². The molecule has 0 aliphatic carbocycles. The van der Waals surface area contributed by atoms with Gasteiger partial charge in [-0.15, -0.1) is 10.2 Å². The lowest BCUT2D eigenvalue weighted by Crippen LogP contribution is -2.57. The van der Waals surface area contributed by atoms with E-state index in [0.29, 0.717) is 0 Å². The third-order valence-corrected chi connectivity index (χ3v) is 5.53. The summed E-state index contributed by atoms with van der Waals surface area (Å²) < 4.78 is 86.6. The lowest BCUT2D eigenvalue weighted by atomic mass is 9.68. The highest BCUT2D eigenvalue weighted by molar-refractivity contribution is 6.30. The second-order valence-electron chi connectivity index (χ2n) is 7.16. The van der Waals surface area contributed by atoms with E-state index in [9.17, 15) is 26.3 Å². The molecule has 1 aliphatic heterocycles. The predicted octanol–water partition coefficient (Wildman–Crippen LogP) is 5.27. The van der Waals surface area contributed by atoms with E-state index in [1.807, 2.05) is 0 Å². The SMILES string of the molecule is Cc1ccc2c(c1)C(C(F)(F)F)(C(F)(F)F)c1cc(Cl)ccc1N2CCc1nn[nH]n1. The summed E-state index contributed by atoms with van der Waals surface area (Å²) in [6.07, 6.45) is -11.2. The number of nitrogens with zero attached hydrogens (tertiary/aromatic N) is 4. The van der Waals surface area contributed by atoms with Gasteiger partial charge in [-0.2, -0.15) is 31.6 Å². The average Bonchev–Trinajstić information content (AvgIpc) is 3.16. The van der Waals surface area contributed by atoms with Gasteiger partial charge in [-0.05, 0) is 31.2 Å². The highest BCUT2D eigenvalue weighted by Crippen LogP contribution is 2.63. The van der Waals surface area contributed by atoms with Gasteiger partial charge in [0.25, 0.3) is 0 Å². The van der Waals surface area contributed by atoms with Crippen LogP contribution in [0.5, 0.6) is 0 Å². The molecule has 1 aromatic heterocycles. The molecule has 0 atom stereocenters. The molecule has 1 N–H and O–H groups in total. The Morgan fingerprint density at radius 1 is 0.968 bits per heavy atom. The Bertz CT molecular complexity index is 1040. The summed E-state index contributed by atoms with van der Waals surface area (Å²) in [6, 6.07) is 6.84. The number of fused-ring (bicyclic) bond motifs is 2. The summed E-state index contributed by atoms with van der Waals surface area (Å²) in [5.74, 6) is 0.271. The summed E-state index contributed by atoms with van der Waals surface area (Å²) >= 11 is 5.88. The van der Waals surface area contributed by atoms with E-state index >= 15 is 0 Å². The molecule has 3 aromatic rings.